The zero-order valence-electron chi connectivity index (χ0n) is 20.2. The minimum Gasteiger partial charge on any atom is -0.345 e. The third-order valence-corrected chi connectivity index (χ3v) is 6.10. The number of anilines is 1. The van der Waals surface area contributed by atoms with Gasteiger partial charge in [-0.1, -0.05) is 60.7 Å². The average Bonchev–Trinajstić information content (AvgIpc) is 3.27. The normalized spacial score (nSPS) is 11.4. The topological polar surface area (TPSA) is 37.3 Å². The van der Waals surface area contributed by atoms with Crippen molar-refractivity contribution in [3.05, 3.63) is 125 Å². The summed E-state index contributed by atoms with van der Waals surface area (Å²) < 4.78 is 41.4. The molecule has 0 aliphatic heterocycles. The Morgan fingerprint density at radius 1 is 0.833 bits per heavy atom. The third kappa shape index (κ3) is 6.16. The predicted molar refractivity (Wildman–Crippen MR) is 136 cm³/mol. The molecule has 0 aliphatic carbocycles. The van der Waals surface area contributed by atoms with E-state index in [9.17, 15) is 18.0 Å². The summed E-state index contributed by atoms with van der Waals surface area (Å²) >= 11 is 0. The molecule has 2 amide bonds. The summed E-state index contributed by atoms with van der Waals surface area (Å²) in [6, 6.07) is 24.3. The van der Waals surface area contributed by atoms with Crippen LogP contribution in [0.1, 0.15) is 33.5 Å². The maximum Gasteiger partial charge on any atom is 0.416 e. The van der Waals surface area contributed by atoms with Gasteiger partial charge in [-0.05, 0) is 60.4 Å². The van der Waals surface area contributed by atoms with Crippen LogP contribution in [-0.2, 0) is 25.8 Å². The SMILES string of the molecule is Cc1cccc(C)c1NC(=O)N(Cc1ccccc1)Cc1cccn1Cc1cccc(C(F)(F)F)c1. The lowest BCUT2D eigenvalue weighted by atomic mass is 10.1. The van der Waals surface area contributed by atoms with E-state index in [0.717, 1.165) is 34.1 Å². The number of hydrogen-bond donors (Lipinski definition) is 1. The summed E-state index contributed by atoms with van der Waals surface area (Å²) in [4.78, 5) is 15.2. The van der Waals surface area contributed by atoms with Crippen LogP contribution < -0.4 is 5.32 Å². The number of aromatic nitrogens is 1. The molecule has 1 N–H and O–H groups in total. The van der Waals surface area contributed by atoms with Crippen LogP contribution in [0.3, 0.4) is 0 Å². The number of nitrogens with zero attached hydrogens (tertiary/aromatic N) is 2. The summed E-state index contributed by atoms with van der Waals surface area (Å²) in [5.74, 6) is 0. The van der Waals surface area contributed by atoms with Crippen LogP contribution in [0.5, 0.6) is 0 Å². The number of alkyl halides is 3. The molecule has 4 rings (SSSR count). The van der Waals surface area contributed by atoms with E-state index < -0.39 is 11.7 Å². The summed E-state index contributed by atoms with van der Waals surface area (Å²) in [7, 11) is 0. The zero-order chi connectivity index (χ0) is 25.7. The van der Waals surface area contributed by atoms with E-state index in [0.29, 0.717) is 12.1 Å². The number of nitrogens with one attached hydrogen (secondary N) is 1. The summed E-state index contributed by atoms with van der Waals surface area (Å²) in [5, 5.41) is 3.06. The second-order valence-electron chi connectivity index (χ2n) is 8.86. The van der Waals surface area contributed by atoms with Gasteiger partial charge in [0.1, 0.15) is 0 Å². The lowest BCUT2D eigenvalue weighted by Gasteiger charge is -2.25. The zero-order valence-corrected chi connectivity index (χ0v) is 20.2. The predicted octanol–water partition coefficient (Wildman–Crippen LogP) is 7.41. The van der Waals surface area contributed by atoms with E-state index in [4.69, 9.17) is 0 Å². The van der Waals surface area contributed by atoms with Crippen molar-refractivity contribution in [2.24, 2.45) is 0 Å². The Morgan fingerprint density at radius 3 is 2.19 bits per heavy atom. The lowest BCUT2D eigenvalue weighted by molar-refractivity contribution is -0.137. The van der Waals surface area contributed by atoms with E-state index >= 15 is 0 Å². The third-order valence-electron chi connectivity index (χ3n) is 6.10. The molecule has 0 fully saturated rings. The molecule has 0 spiro atoms. The molecule has 0 aliphatic rings. The molecule has 4 nitrogen and oxygen atoms in total. The quantitative estimate of drug-likeness (QED) is 0.287. The number of amides is 2. The molecule has 0 unspecified atom stereocenters. The van der Waals surface area contributed by atoms with Gasteiger partial charge in [-0.15, -0.1) is 0 Å². The number of rotatable bonds is 7. The van der Waals surface area contributed by atoms with Gasteiger partial charge in [-0.2, -0.15) is 13.2 Å². The highest BCUT2D eigenvalue weighted by molar-refractivity contribution is 5.91. The van der Waals surface area contributed by atoms with Crippen LogP contribution in [0, 0.1) is 13.8 Å². The van der Waals surface area contributed by atoms with E-state index in [1.54, 1.807) is 11.0 Å². The number of halogens is 3. The molecule has 4 aromatic rings. The number of benzene rings is 3. The number of carbonyl (C=O) groups excluding carboxylic acids is 1. The molecule has 1 heterocycles. The molecule has 186 valence electrons. The largest absolute Gasteiger partial charge is 0.416 e. The van der Waals surface area contributed by atoms with Crippen molar-refractivity contribution in [2.75, 3.05) is 5.32 Å². The molecule has 7 heteroatoms. The highest BCUT2D eigenvalue weighted by atomic mass is 19.4. The highest BCUT2D eigenvalue weighted by Gasteiger charge is 2.30. The van der Waals surface area contributed by atoms with Crippen LogP contribution in [-0.4, -0.2) is 15.5 Å². The van der Waals surface area contributed by atoms with Crippen LogP contribution in [0.4, 0.5) is 23.7 Å². The van der Waals surface area contributed by atoms with Gasteiger partial charge in [-0.25, -0.2) is 4.79 Å². The molecule has 36 heavy (non-hydrogen) atoms. The smallest absolute Gasteiger partial charge is 0.345 e. The number of para-hydroxylation sites is 1. The van der Waals surface area contributed by atoms with E-state index in [1.165, 1.54) is 12.1 Å². The maximum absolute atomic E-state index is 13.5. The van der Waals surface area contributed by atoms with Crippen molar-refractivity contribution < 1.29 is 18.0 Å². The fourth-order valence-electron chi connectivity index (χ4n) is 4.19. The number of hydrogen-bond acceptors (Lipinski definition) is 1. The molecule has 0 saturated heterocycles. The Bertz CT molecular complexity index is 1310. The van der Waals surface area contributed by atoms with Crippen LogP contribution >= 0.6 is 0 Å². The standard InChI is InChI=1S/C29H28F3N3O/c1-21-9-6-10-22(2)27(21)33-28(36)35(18-23-11-4-3-5-12-23)20-26-15-8-16-34(26)19-24-13-7-14-25(17-24)29(30,31)32/h3-17H,18-20H2,1-2H3,(H,33,36). The lowest BCUT2D eigenvalue weighted by Crippen LogP contribution is -2.35. The number of carbonyl (C=O) groups is 1. The van der Waals surface area contributed by atoms with E-state index in [2.05, 4.69) is 5.32 Å². The van der Waals surface area contributed by atoms with Crippen molar-refractivity contribution >= 4 is 11.7 Å². The first-order valence-electron chi connectivity index (χ1n) is 11.7. The van der Waals surface area contributed by atoms with Crippen molar-refractivity contribution in [2.45, 2.75) is 39.7 Å². The summed E-state index contributed by atoms with van der Waals surface area (Å²) in [6.45, 7) is 4.84. The number of urea groups is 1. The van der Waals surface area contributed by atoms with Gasteiger partial charge in [0.05, 0.1) is 12.1 Å². The van der Waals surface area contributed by atoms with E-state index in [-0.39, 0.29) is 19.1 Å². The minimum absolute atomic E-state index is 0.247. The Balaban J connectivity index is 1.58. The fourth-order valence-corrected chi connectivity index (χ4v) is 4.19. The van der Waals surface area contributed by atoms with Crippen molar-refractivity contribution in [3.63, 3.8) is 0 Å². The molecule has 0 bridgehead atoms. The molecule has 1 aromatic heterocycles. The Kier molecular flexibility index (Phi) is 7.48. The summed E-state index contributed by atoms with van der Waals surface area (Å²) in [6.07, 6.45) is -2.58. The first-order chi connectivity index (χ1) is 17.2. The molecular formula is C29H28F3N3O. The second-order valence-corrected chi connectivity index (χ2v) is 8.86. The van der Waals surface area contributed by atoms with E-state index in [1.807, 2.05) is 85.3 Å². The molecule has 0 radical (unpaired) electrons. The van der Waals surface area contributed by atoms with Gasteiger partial charge in [0, 0.05) is 30.7 Å². The molecule has 0 saturated carbocycles. The molecular weight excluding hydrogens is 463 g/mol. The van der Waals surface area contributed by atoms with Crippen molar-refractivity contribution in [3.8, 4) is 0 Å². The van der Waals surface area contributed by atoms with Crippen LogP contribution in [0.15, 0.2) is 91.1 Å². The van der Waals surface area contributed by atoms with Crippen molar-refractivity contribution in [1.82, 2.24) is 9.47 Å². The summed E-state index contributed by atoms with van der Waals surface area (Å²) in [5.41, 5.74) is 4.38. The van der Waals surface area contributed by atoms with Crippen LogP contribution in [0.25, 0.3) is 0 Å². The Morgan fingerprint density at radius 2 is 1.50 bits per heavy atom. The Labute approximate surface area is 209 Å². The van der Waals surface area contributed by atoms with Crippen molar-refractivity contribution in [1.29, 1.82) is 0 Å². The van der Waals surface area contributed by atoms with Gasteiger partial charge in [0.2, 0.25) is 0 Å². The monoisotopic (exact) mass is 491 g/mol. The van der Waals surface area contributed by atoms with Crippen LogP contribution in [0.2, 0.25) is 0 Å². The van der Waals surface area contributed by atoms with Gasteiger partial charge in [0.15, 0.2) is 0 Å². The first-order valence-corrected chi connectivity index (χ1v) is 11.7. The highest BCUT2D eigenvalue weighted by Crippen LogP contribution is 2.30. The fraction of sp³-hybridized carbons (Fsp3) is 0.207. The Hall–Kier alpha value is -4.00. The van der Waals surface area contributed by atoms with Gasteiger partial charge < -0.3 is 14.8 Å². The molecule has 0 atom stereocenters. The number of aryl methyl sites for hydroxylation is 2. The maximum atomic E-state index is 13.5. The minimum atomic E-state index is -4.40. The van der Waals surface area contributed by atoms with Gasteiger partial charge in [0.25, 0.3) is 0 Å². The average molecular weight is 492 g/mol. The first kappa shape index (κ1) is 25.1. The van der Waals surface area contributed by atoms with Gasteiger partial charge >= 0.3 is 12.2 Å². The second kappa shape index (κ2) is 10.7. The van der Waals surface area contributed by atoms with Gasteiger partial charge in [-0.3, -0.25) is 0 Å². The molecule has 3 aromatic carbocycles.